The predicted octanol–water partition coefficient (Wildman–Crippen LogP) is 8.98. The zero-order valence-corrected chi connectivity index (χ0v) is 61.0. The van der Waals surface area contributed by atoms with E-state index in [0.717, 1.165) is 64.0 Å². The van der Waals surface area contributed by atoms with Gasteiger partial charge in [-0.3, -0.25) is 48.2 Å². The van der Waals surface area contributed by atoms with Crippen LogP contribution in [0.4, 0.5) is 26.2 Å². The Labute approximate surface area is 606 Å². The van der Waals surface area contributed by atoms with Crippen LogP contribution in [0.2, 0.25) is 0 Å². The van der Waals surface area contributed by atoms with E-state index in [1.807, 2.05) is 59.0 Å². The summed E-state index contributed by atoms with van der Waals surface area (Å²) in [5, 5.41) is 24.6. The Morgan fingerprint density at radius 2 is 1.55 bits per heavy atom. The van der Waals surface area contributed by atoms with Crippen LogP contribution in [0, 0.1) is 29.1 Å². The smallest absolute Gasteiger partial charge is 0.410 e. The van der Waals surface area contributed by atoms with Crippen molar-refractivity contribution in [2.45, 2.75) is 162 Å². The standard InChI is InChI=1S/C74H92N13O15PS/c1-46(2)62(81-59(88)19-7-6-10-31-85-60(89)26-27-61(85)90)65(92)78-56(17-12-29-75)66(93)87(68(76)96)50-22-20-48(21-23-50)38-101-70(97)83(30-13-35-103(98,99)100)33-34-102-74-42-71(4)39-72(5,43-74)41-73(40-71,44-74)45-86-47(3)53(36-77-86)51-24-25-58(80-63(51)67(94)95)84-32-28-49-14-11-15-52(54(49)37-84)64(91)82-69-79-55-16-8-9-18-57(55)104-69/h8-9,11,14-16,18,20-27,36,46,56,62H,6-7,10,12-13,17,19,28-35,37-45,75H2,1-5H3,(H2,76,96)(H,78,92)(H,81,88)(H,94,95)(H,79,82,91)(H2,98,99,100)/t56-,62-,71?,72?,73?,74?/m0/s1. The van der Waals surface area contributed by atoms with Gasteiger partial charge in [0.15, 0.2) is 10.8 Å². The molecule has 5 heterocycles. The van der Waals surface area contributed by atoms with Gasteiger partial charge in [0.1, 0.15) is 24.5 Å². The Balaban J connectivity index is 0.713. The van der Waals surface area contributed by atoms with E-state index < -0.39 is 73.2 Å². The molecule has 28 nitrogen and oxygen atoms in total. The summed E-state index contributed by atoms with van der Waals surface area (Å²) in [5.74, 6) is -4.15. The highest BCUT2D eigenvalue weighted by molar-refractivity contribution is 7.51. The predicted molar refractivity (Wildman–Crippen MR) is 389 cm³/mol. The second-order valence-electron chi connectivity index (χ2n) is 29.7. The van der Waals surface area contributed by atoms with Crippen molar-refractivity contribution < 1.29 is 72.1 Å². The van der Waals surface area contributed by atoms with E-state index in [-0.39, 0.29) is 110 Å². The lowest BCUT2D eigenvalue weighted by Gasteiger charge is -2.69. The van der Waals surface area contributed by atoms with Crippen LogP contribution in [-0.4, -0.2) is 161 Å². The molecule has 0 saturated heterocycles. The molecule has 3 aromatic carbocycles. The number of thiazole rings is 1. The zero-order valence-electron chi connectivity index (χ0n) is 59.3. The van der Waals surface area contributed by atoms with Gasteiger partial charge in [-0.15, -0.1) is 0 Å². The minimum absolute atomic E-state index is 0.0207. The molecule has 4 atom stereocenters. The Hall–Kier alpha value is -9.25. The summed E-state index contributed by atoms with van der Waals surface area (Å²) >= 11 is 1.40. The number of hydrogen-bond donors (Lipinski definition) is 8. The molecule has 9 amide bonds. The number of aromatic nitrogens is 4. The van der Waals surface area contributed by atoms with Crippen LogP contribution < -0.4 is 37.2 Å². The fourth-order valence-electron chi connectivity index (χ4n) is 17.1. The number of anilines is 3. The molecule has 104 heavy (non-hydrogen) atoms. The number of carbonyl (C=O) groups excluding carboxylic acids is 8. The topological polar surface area (TPSA) is 395 Å². The summed E-state index contributed by atoms with van der Waals surface area (Å²) < 4.78 is 27.8. The van der Waals surface area contributed by atoms with Crippen LogP contribution in [0.25, 0.3) is 21.3 Å². The van der Waals surface area contributed by atoms with Crippen LogP contribution >= 0.6 is 18.9 Å². The van der Waals surface area contributed by atoms with Gasteiger partial charge in [0.25, 0.3) is 23.6 Å². The molecule has 4 aliphatic carbocycles. The number of aromatic carboxylic acids is 1. The second kappa shape index (κ2) is 31.6. The molecule has 4 saturated carbocycles. The van der Waals surface area contributed by atoms with E-state index in [1.165, 1.54) is 52.7 Å². The van der Waals surface area contributed by atoms with Crippen molar-refractivity contribution in [3.63, 3.8) is 0 Å². The first-order valence-corrected chi connectivity index (χ1v) is 38.0. The molecule has 6 aromatic rings. The van der Waals surface area contributed by atoms with E-state index >= 15 is 0 Å². The number of rotatable bonds is 32. The number of amides is 9. The molecule has 10 N–H and O–H groups in total. The van der Waals surface area contributed by atoms with Crippen molar-refractivity contribution in [2.24, 2.45) is 33.6 Å². The van der Waals surface area contributed by atoms with Crippen LogP contribution in [0.1, 0.15) is 154 Å². The molecule has 3 aromatic heterocycles. The number of ether oxygens (including phenoxy) is 2. The van der Waals surface area contributed by atoms with Crippen molar-refractivity contribution in [1.82, 2.24) is 40.2 Å². The molecule has 0 spiro atoms. The molecule has 30 heteroatoms. The lowest BCUT2D eigenvalue weighted by molar-refractivity contribution is -0.248. The summed E-state index contributed by atoms with van der Waals surface area (Å²) in [4.78, 5) is 153. The molecule has 4 fully saturated rings. The Bertz CT molecular complexity index is 4290. The van der Waals surface area contributed by atoms with E-state index in [0.29, 0.717) is 89.8 Å². The number of nitrogens with two attached hydrogens (primary N) is 2. The number of fused-ring (bicyclic) bond motifs is 2. The van der Waals surface area contributed by atoms with Crippen molar-refractivity contribution in [2.75, 3.05) is 60.6 Å². The molecule has 0 radical (unpaired) electrons. The number of benzene rings is 3. The van der Waals surface area contributed by atoms with E-state index in [1.54, 1.807) is 32.2 Å². The molecular weight excluding hydrogens is 1370 g/mol. The maximum absolute atomic E-state index is 14.3. The third-order valence-electron chi connectivity index (χ3n) is 20.6. The van der Waals surface area contributed by atoms with E-state index in [9.17, 15) is 62.6 Å². The lowest BCUT2D eigenvalue weighted by Crippen LogP contribution is -2.64. The summed E-state index contributed by atoms with van der Waals surface area (Å²) in [5.41, 5.74) is 16.0. The average Bonchev–Trinajstić information content (AvgIpc) is 0.766. The highest BCUT2D eigenvalue weighted by atomic mass is 32.1. The van der Waals surface area contributed by atoms with Crippen molar-refractivity contribution in [3.05, 3.63) is 131 Å². The molecule has 6 aliphatic rings. The minimum atomic E-state index is -4.44. The number of para-hydroxylation sites is 1. The summed E-state index contributed by atoms with van der Waals surface area (Å²) in [6, 6.07) is 19.3. The Morgan fingerprint density at radius 1 is 0.817 bits per heavy atom. The summed E-state index contributed by atoms with van der Waals surface area (Å²) in [6.07, 6.45) is 10.3. The Morgan fingerprint density at radius 3 is 2.23 bits per heavy atom. The molecule has 2 aliphatic heterocycles. The highest BCUT2D eigenvalue weighted by Crippen LogP contribution is 2.72. The Kier molecular flexibility index (Phi) is 23.1. The zero-order chi connectivity index (χ0) is 74.5. The number of hydrogen-bond acceptors (Lipinski definition) is 18. The quantitative estimate of drug-likeness (QED) is 0.0111. The largest absolute Gasteiger partial charge is 0.476 e. The van der Waals surface area contributed by atoms with Gasteiger partial charge in [-0.2, -0.15) is 5.10 Å². The van der Waals surface area contributed by atoms with Crippen LogP contribution in [-0.2, 0) is 64.1 Å². The number of nitrogens with zero attached hydrogens (tertiary/aromatic N) is 8. The van der Waals surface area contributed by atoms with Gasteiger partial charge < -0.3 is 56.3 Å². The summed E-state index contributed by atoms with van der Waals surface area (Å²) in [7, 11) is -4.44. The highest BCUT2D eigenvalue weighted by Gasteiger charge is 2.66. The third-order valence-corrected chi connectivity index (χ3v) is 22.5. The third kappa shape index (κ3) is 17.7. The number of carboxylic acids is 1. The van der Waals surface area contributed by atoms with Crippen molar-refractivity contribution in [3.8, 4) is 11.1 Å². The van der Waals surface area contributed by atoms with Gasteiger partial charge in [-0.1, -0.05) is 81.9 Å². The van der Waals surface area contributed by atoms with Gasteiger partial charge in [-0.05, 0) is 172 Å². The van der Waals surface area contributed by atoms with E-state index in [2.05, 4.69) is 34.8 Å². The maximum atomic E-state index is 14.3. The number of unbranched alkanes of at least 4 members (excludes halogenated alkanes) is 2. The van der Waals surface area contributed by atoms with E-state index in [4.69, 9.17) is 31.0 Å². The maximum Gasteiger partial charge on any atom is 0.410 e. The molecule has 2 unspecified atom stereocenters. The first-order valence-electron chi connectivity index (χ1n) is 35.4. The fourth-order valence-corrected chi connectivity index (χ4v) is 18.5. The van der Waals surface area contributed by atoms with Crippen LogP contribution in [0.15, 0.2) is 97.2 Å². The SMILES string of the molecule is Cc1c(-c2ccc(N3CCc4cccc(C(=O)Nc5nc6ccccc6s5)c4C3)nc2C(=O)O)cnn1CC12CC3(C)CC(C)(C1)CC(OCCN(CCCP(=O)(O)O)C(=O)OCc1ccc(N(C(N)=O)C(=O)[C@H](CCCN)NC(=O)[C@@H](NC(=O)CCCCCN4C(=O)C=CC4=O)C(C)C)cc1)(C3)C2. The van der Waals surface area contributed by atoms with Gasteiger partial charge >= 0.3 is 25.7 Å². The first kappa shape index (κ1) is 75.9. The fraction of sp³-hybridized carbons (Fsp3) is 0.486. The molecule has 554 valence electrons. The minimum Gasteiger partial charge on any atom is -0.476 e. The number of nitrogens with one attached hydrogen (secondary N) is 3. The number of imide groups is 2. The first-order chi connectivity index (χ1) is 49.4. The van der Waals surface area contributed by atoms with Crippen LogP contribution in [0.5, 0.6) is 0 Å². The molecule has 12 rings (SSSR count). The lowest BCUT2D eigenvalue weighted by atomic mass is 9.39. The second-order valence-corrected chi connectivity index (χ2v) is 32.5. The van der Waals surface area contributed by atoms with Crippen molar-refractivity contribution >= 4 is 99.3 Å². The number of urea groups is 1. The molecular formula is C74H92N13O15PS. The van der Waals surface area contributed by atoms with Gasteiger partial charge in [-0.25, -0.2) is 29.3 Å². The molecule has 4 bridgehead atoms. The number of primary amides is 1. The number of carboxylic acid groups (broad SMARTS) is 1. The average molecular weight is 1470 g/mol. The normalized spacial score (nSPS) is 20.9. The summed E-state index contributed by atoms with van der Waals surface area (Å²) in [6.45, 7) is 11.6. The monoisotopic (exact) mass is 1470 g/mol. The van der Waals surface area contributed by atoms with Crippen molar-refractivity contribution in [1.29, 1.82) is 0 Å². The van der Waals surface area contributed by atoms with Gasteiger partial charge in [0.05, 0.1) is 40.5 Å². The van der Waals surface area contributed by atoms with Crippen LogP contribution in [0.3, 0.4) is 0 Å². The number of carbonyl (C=O) groups is 9. The van der Waals surface area contributed by atoms with Gasteiger partial charge in [0, 0.05) is 80.2 Å². The van der Waals surface area contributed by atoms with Gasteiger partial charge in [0.2, 0.25) is 11.8 Å². The number of pyridine rings is 1.